The Kier molecular flexibility index (Phi) is 6.37. The molecule has 1 aliphatic rings. The topological polar surface area (TPSA) is 104 Å². The largest absolute Gasteiger partial charge is 0.377 e. The molecular weight excluding hydrogens is 408 g/mol. The van der Waals surface area contributed by atoms with Crippen molar-refractivity contribution in [1.82, 2.24) is 9.21 Å². The van der Waals surface area contributed by atoms with E-state index in [2.05, 4.69) is 0 Å². The van der Waals surface area contributed by atoms with E-state index in [4.69, 9.17) is 0 Å². The van der Waals surface area contributed by atoms with Crippen LogP contribution in [0.4, 0.5) is 11.4 Å². The van der Waals surface area contributed by atoms with Crippen LogP contribution in [-0.2, 0) is 15.8 Å². The van der Waals surface area contributed by atoms with Gasteiger partial charge in [0, 0.05) is 58.1 Å². The van der Waals surface area contributed by atoms with Gasteiger partial charge in [-0.25, -0.2) is 8.42 Å². The molecule has 10 heteroatoms. The van der Waals surface area contributed by atoms with Crippen LogP contribution in [0.5, 0.6) is 0 Å². The molecule has 0 bridgehead atoms. The first-order valence-corrected chi connectivity index (χ1v) is 11.1. The lowest BCUT2D eigenvalue weighted by Gasteiger charge is -2.34. The van der Waals surface area contributed by atoms with Gasteiger partial charge in [0.2, 0.25) is 10.0 Å². The summed E-state index contributed by atoms with van der Waals surface area (Å²) in [5.74, 6) is -0.431. The van der Waals surface area contributed by atoms with E-state index in [1.165, 1.54) is 16.4 Å². The number of hydrogen-bond donors (Lipinski definition) is 0. The van der Waals surface area contributed by atoms with Gasteiger partial charge in [-0.2, -0.15) is 4.31 Å². The molecule has 1 amide bonds. The molecule has 30 heavy (non-hydrogen) atoms. The fourth-order valence-electron chi connectivity index (χ4n) is 3.41. The molecule has 0 N–H and O–H groups in total. The van der Waals surface area contributed by atoms with Crippen LogP contribution in [0.15, 0.2) is 48.5 Å². The standard InChI is InChI=1S/C20H24N4O5S/c1-21(2)19-9-8-17(24(26)27)14-18(19)20(25)22-10-12-23(13-11-22)30(28,29)15-16-6-4-3-5-7-16/h3-9,14H,10-13,15H2,1-2H3. The van der Waals surface area contributed by atoms with Crippen molar-refractivity contribution in [1.29, 1.82) is 0 Å². The smallest absolute Gasteiger partial charge is 0.270 e. The van der Waals surface area contributed by atoms with E-state index in [-0.39, 0.29) is 49.1 Å². The van der Waals surface area contributed by atoms with Crippen molar-refractivity contribution in [2.75, 3.05) is 45.2 Å². The summed E-state index contributed by atoms with van der Waals surface area (Å²) in [5, 5.41) is 11.1. The van der Waals surface area contributed by atoms with Gasteiger partial charge >= 0.3 is 0 Å². The third-order valence-electron chi connectivity index (χ3n) is 5.01. The second-order valence-corrected chi connectivity index (χ2v) is 9.25. The molecule has 0 atom stereocenters. The van der Waals surface area contributed by atoms with Crippen LogP contribution in [0, 0.1) is 10.1 Å². The average molecular weight is 433 g/mol. The lowest BCUT2D eigenvalue weighted by atomic mass is 10.1. The van der Waals surface area contributed by atoms with E-state index in [0.717, 1.165) is 0 Å². The molecule has 1 saturated heterocycles. The summed E-state index contributed by atoms with van der Waals surface area (Å²) in [5.41, 5.74) is 1.36. The molecule has 0 aliphatic carbocycles. The number of rotatable bonds is 6. The lowest BCUT2D eigenvalue weighted by Crippen LogP contribution is -2.50. The molecule has 2 aromatic rings. The predicted octanol–water partition coefficient (Wildman–Crippen LogP) is 1.95. The molecule has 3 rings (SSSR count). The van der Waals surface area contributed by atoms with Crippen LogP contribution >= 0.6 is 0 Å². The third-order valence-corrected chi connectivity index (χ3v) is 6.86. The molecule has 1 fully saturated rings. The number of amides is 1. The van der Waals surface area contributed by atoms with Gasteiger partial charge in [-0.1, -0.05) is 30.3 Å². The summed E-state index contributed by atoms with van der Waals surface area (Å²) in [4.78, 5) is 26.9. The minimum absolute atomic E-state index is 0.0859. The first-order valence-electron chi connectivity index (χ1n) is 9.46. The molecule has 9 nitrogen and oxygen atoms in total. The van der Waals surface area contributed by atoms with E-state index in [1.807, 2.05) is 6.07 Å². The first kappa shape index (κ1) is 21.7. The zero-order valence-electron chi connectivity index (χ0n) is 16.9. The third kappa shape index (κ3) is 4.77. The number of non-ortho nitro benzene ring substituents is 1. The second kappa shape index (κ2) is 8.80. The van der Waals surface area contributed by atoms with Gasteiger partial charge in [-0.05, 0) is 11.6 Å². The predicted molar refractivity (Wildman–Crippen MR) is 114 cm³/mol. The Bertz CT molecular complexity index is 1030. The van der Waals surface area contributed by atoms with Crippen molar-refractivity contribution in [3.8, 4) is 0 Å². The Hall–Kier alpha value is -2.98. The van der Waals surface area contributed by atoms with Crippen molar-refractivity contribution in [2.24, 2.45) is 0 Å². The highest BCUT2D eigenvalue weighted by molar-refractivity contribution is 7.88. The summed E-state index contributed by atoms with van der Waals surface area (Å²) in [7, 11) is 0.0201. The van der Waals surface area contributed by atoms with Gasteiger partial charge in [0.05, 0.1) is 16.2 Å². The Morgan fingerprint density at radius 1 is 1.07 bits per heavy atom. The maximum atomic E-state index is 13.1. The molecule has 1 aliphatic heterocycles. The molecule has 0 spiro atoms. The monoisotopic (exact) mass is 432 g/mol. The van der Waals surface area contributed by atoms with Gasteiger partial charge in [0.25, 0.3) is 11.6 Å². The Morgan fingerprint density at radius 2 is 1.70 bits per heavy atom. The van der Waals surface area contributed by atoms with E-state index in [9.17, 15) is 23.3 Å². The molecule has 0 aromatic heterocycles. The molecule has 0 radical (unpaired) electrons. The molecule has 1 heterocycles. The minimum atomic E-state index is -3.49. The van der Waals surface area contributed by atoms with E-state index < -0.39 is 14.9 Å². The van der Waals surface area contributed by atoms with Crippen LogP contribution in [-0.4, -0.2) is 68.7 Å². The number of sulfonamides is 1. The fourth-order valence-corrected chi connectivity index (χ4v) is 4.93. The lowest BCUT2D eigenvalue weighted by molar-refractivity contribution is -0.384. The second-order valence-electron chi connectivity index (χ2n) is 7.29. The highest BCUT2D eigenvalue weighted by Crippen LogP contribution is 2.26. The van der Waals surface area contributed by atoms with Crippen molar-refractivity contribution >= 4 is 27.3 Å². The number of benzene rings is 2. The van der Waals surface area contributed by atoms with Crippen LogP contribution in [0.3, 0.4) is 0 Å². The number of nitrogens with zero attached hydrogens (tertiary/aromatic N) is 4. The highest BCUT2D eigenvalue weighted by atomic mass is 32.2. The summed E-state index contributed by atoms with van der Waals surface area (Å²) in [6.07, 6.45) is 0. The van der Waals surface area contributed by atoms with E-state index in [1.54, 1.807) is 54.2 Å². The van der Waals surface area contributed by atoms with Crippen LogP contribution in [0.1, 0.15) is 15.9 Å². The SMILES string of the molecule is CN(C)c1ccc([N+](=O)[O-])cc1C(=O)N1CCN(S(=O)(=O)Cc2ccccc2)CC1. The van der Waals surface area contributed by atoms with E-state index in [0.29, 0.717) is 11.3 Å². The number of nitro groups is 1. The number of nitro benzene ring substituents is 1. The molecular formula is C20H24N4O5S. The number of anilines is 1. The van der Waals surface area contributed by atoms with Gasteiger partial charge in [-0.3, -0.25) is 14.9 Å². The maximum absolute atomic E-state index is 13.1. The maximum Gasteiger partial charge on any atom is 0.270 e. The summed E-state index contributed by atoms with van der Waals surface area (Å²) >= 11 is 0. The normalized spacial score (nSPS) is 15.1. The molecule has 2 aromatic carbocycles. The van der Waals surface area contributed by atoms with Gasteiger partial charge in [0.1, 0.15) is 0 Å². The van der Waals surface area contributed by atoms with Crippen LogP contribution in [0.25, 0.3) is 0 Å². The minimum Gasteiger partial charge on any atom is -0.377 e. The van der Waals surface area contributed by atoms with Crippen molar-refractivity contribution < 1.29 is 18.1 Å². The average Bonchev–Trinajstić information content (AvgIpc) is 2.73. The van der Waals surface area contributed by atoms with Crippen LogP contribution in [0.2, 0.25) is 0 Å². The number of carbonyl (C=O) groups excluding carboxylic acids is 1. The number of piperazine rings is 1. The quantitative estimate of drug-likeness (QED) is 0.510. The molecule has 0 saturated carbocycles. The van der Waals surface area contributed by atoms with Crippen molar-refractivity contribution in [2.45, 2.75) is 5.75 Å². The number of hydrogen-bond acceptors (Lipinski definition) is 6. The van der Waals surface area contributed by atoms with Gasteiger partial charge in [-0.15, -0.1) is 0 Å². The Balaban J connectivity index is 1.73. The van der Waals surface area contributed by atoms with Crippen molar-refractivity contribution in [3.05, 3.63) is 69.8 Å². The zero-order valence-corrected chi connectivity index (χ0v) is 17.7. The Morgan fingerprint density at radius 3 is 2.27 bits per heavy atom. The molecule has 0 unspecified atom stereocenters. The fraction of sp³-hybridized carbons (Fsp3) is 0.350. The first-order chi connectivity index (χ1) is 14.2. The van der Waals surface area contributed by atoms with E-state index >= 15 is 0 Å². The van der Waals surface area contributed by atoms with Crippen LogP contribution < -0.4 is 4.90 Å². The number of carbonyl (C=O) groups is 1. The summed E-state index contributed by atoms with van der Waals surface area (Å²) in [6, 6.07) is 13.1. The zero-order chi connectivity index (χ0) is 21.9. The summed E-state index contributed by atoms with van der Waals surface area (Å²) < 4.78 is 26.8. The van der Waals surface area contributed by atoms with Gasteiger partial charge < -0.3 is 9.80 Å². The van der Waals surface area contributed by atoms with Crippen molar-refractivity contribution in [3.63, 3.8) is 0 Å². The highest BCUT2D eigenvalue weighted by Gasteiger charge is 2.31. The summed E-state index contributed by atoms with van der Waals surface area (Å²) in [6.45, 7) is 0.824. The van der Waals surface area contributed by atoms with Gasteiger partial charge in [0.15, 0.2) is 0 Å². The molecule has 160 valence electrons. The Labute approximate surface area is 175 Å².